The second-order valence-corrected chi connectivity index (χ2v) is 5.47. The first-order valence-corrected chi connectivity index (χ1v) is 7.12. The van der Waals surface area contributed by atoms with Crippen molar-refractivity contribution in [1.82, 2.24) is 4.98 Å². The van der Waals surface area contributed by atoms with Crippen molar-refractivity contribution in [1.29, 1.82) is 0 Å². The molecule has 5 heteroatoms. The monoisotopic (exact) mass is 259 g/mol. The van der Waals surface area contributed by atoms with E-state index in [1.54, 1.807) is 20.0 Å². The highest BCUT2D eigenvalue weighted by atomic mass is 31.2. The van der Waals surface area contributed by atoms with E-state index in [-0.39, 0.29) is 13.6 Å². The quantitative estimate of drug-likeness (QED) is 0.729. The predicted octanol–water partition coefficient (Wildman–Crippen LogP) is 3.79. The van der Waals surface area contributed by atoms with Crippen molar-refractivity contribution in [2.24, 2.45) is 0 Å². The van der Waals surface area contributed by atoms with E-state index in [0.717, 1.165) is 11.3 Å². The highest BCUT2D eigenvalue weighted by Crippen LogP contribution is 2.51. The lowest BCUT2D eigenvalue weighted by Gasteiger charge is -2.16. The SMILES string of the molecule is C.CCOP(=O)(Cc1ccc(C)nc1)OCC. The van der Waals surface area contributed by atoms with Gasteiger partial charge in [0.05, 0.1) is 19.4 Å². The minimum absolute atomic E-state index is 0. The molecule has 0 amide bonds. The summed E-state index contributed by atoms with van der Waals surface area (Å²) in [5.41, 5.74) is 1.81. The first kappa shape index (κ1) is 16.3. The summed E-state index contributed by atoms with van der Waals surface area (Å²) in [6, 6.07) is 3.78. The van der Waals surface area contributed by atoms with Crippen molar-refractivity contribution in [2.45, 2.75) is 34.4 Å². The second-order valence-electron chi connectivity index (χ2n) is 3.41. The molecule has 1 rings (SSSR count). The lowest BCUT2D eigenvalue weighted by atomic mass is 10.3. The number of aryl methyl sites for hydroxylation is 1. The molecule has 0 spiro atoms. The van der Waals surface area contributed by atoms with E-state index >= 15 is 0 Å². The molecule has 0 bridgehead atoms. The molecule has 0 saturated carbocycles. The summed E-state index contributed by atoms with van der Waals surface area (Å²) in [6.07, 6.45) is 1.99. The molecule has 98 valence electrons. The average molecular weight is 259 g/mol. The lowest BCUT2D eigenvalue weighted by molar-refractivity contribution is 0.219. The van der Waals surface area contributed by atoms with Crippen molar-refractivity contribution < 1.29 is 13.6 Å². The van der Waals surface area contributed by atoms with E-state index in [1.807, 2.05) is 19.1 Å². The van der Waals surface area contributed by atoms with E-state index in [9.17, 15) is 4.57 Å². The molecule has 0 aliphatic rings. The Labute approximate surface area is 104 Å². The van der Waals surface area contributed by atoms with Crippen molar-refractivity contribution in [3.8, 4) is 0 Å². The summed E-state index contributed by atoms with van der Waals surface area (Å²) < 4.78 is 22.6. The first-order valence-electron chi connectivity index (χ1n) is 5.39. The summed E-state index contributed by atoms with van der Waals surface area (Å²) in [5.74, 6) is 0. The van der Waals surface area contributed by atoms with Crippen LogP contribution in [0.5, 0.6) is 0 Å². The van der Waals surface area contributed by atoms with Gasteiger partial charge in [0.2, 0.25) is 0 Å². The maximum absolute atomic E-state index is 12.2. The summed E-state index contributed by atoms with van der Waals surface area (Å²) in [7, 11) is -3.00. The molecule has 1 aromatic rings. The van der Waals surface area contributed by atoms with Gasteiger partial charge >= 0.3 is 7.60 Å². The van der Waals surface area contributed by atoms with E-state index in [2.05, 4.69) is 4.98 Å². The van der Waals surface area contributed by atoms with Crippen LogP contribution in [0.3, 0.4) is 0 Å². The Morgan fingerprint density at radius 3 is 2.24 bits per heavy atom. The standard InChI is InChI=1S/C11H18NO3P.CH4/c1-4-14-16(13,15-5-2)9-11-7-6-10(3)12-8-11;/h6-8H,4-5,9H2,1-3H3;1H4. The zero-order valence-corrected chi connectivity index (χ0v) is 10.9. The van der Waals surface area contributed by atoms with E-state index in [1.165, 1.54) is 0 Å². The summed E-state index contributed by atoms with van der Waals surface area (Å²) in [6.45, 7) is 6.29. The highest BCUT2D eigenvalue weighted by Gasteiger charge is 2.23. The number of rotatable bonds is 6. The molecule has 0 aliphatic carbocycles. The van der Waals surface area contributed by atoms with Crippen LogP contribution < -0.4 is 0 Å². The zero-order valence-electron chi connectivity index (χ0n) is 9.97. The van der Waals surface area contributed by atoms with E-state index < -0.39 is 7.60 Å². The number of nitrogens with zero attached hydrogens (tertiary/aromatic N) is 1. The fraction of sp³-hybridized carbons (Fsp3) is 0.583. The van der Waals surface area contributed by atoms with Crippen LogP contribution in [-0.4, -0.2) is 18.2 Å². The molecule has 1 aromatic heterocycles. The molecular formula is C12H22NO3P. The Morgan fingerprint density at radius 2 is 1.82 bits per heavy atom. The number of aromatic nitrogens is 1. The van der Waals surface area contributed by atoms with Crippen molar-refractivity contribution in [3.63, 3.8) is 0 Å². The molecule has 0 unspecified atom stereocenters. The minimum Gasteiger partial charge on any atom is -0.309 e. The van der Waals surface area contributed by atoms with Crippen LogP contribution in [0.2, 0.25) is 0 Å². The molecule has 4 nitrogen and oxygen atoms in total. The smallest absolute Gasteiger partial charge is 0.309 e. The van der Waals surface area contributed by atoms with Gasteiger partial charge in [0.25, 0.3) is 0 Å². The Kier molecular flexibility index (Phi) is 7.28. The average Bonchev–Trinajstić information content (AvgIpc) is 2.22. The third kappa shape index (κ3) is 5.44. The van der Waals surface area contributed by atoms with E-state index in [4.69, 9.17) is 9.05 Å². The maximum Gasteiger partial charge on any atom is 0.335 e. The van der Waals surface area contributed by atoms with Crippen LogP contribution in [0.15, 0.2) is 18.3 Å². The molecule has 17 heavy (non-hydrogen) atoms. The van der Waals surface area contributed by atoms with Crippen molar-refractivity contribution in [2.75, 3.05) is 13.2 Å². The topological polar surface area (TPSA) is 48.4 Å². The molecule has 0 aromatic carbocycles. The molecule has 1 heterocycles. The van der Waals surface area contributed by atoms with E-state index in [0.29, 0.717) is 13.2 Å². The second kappa shape index (κ2) is 7.59. The van der Waals surface area contributed by atoms with Gasteiger partial charge in [0.1, 0.15) is 0 Å². The van der Waals surface area contributed by atoms with Gasteiger partial charge in [-0.3, -0.25) is 9.55 Å². The van der Waals surface area contributed by atoms with Gasteiger partial charge < -0.3 is 9.05 Å². The van der Waals surface area contributed by atoms with Crippen LogP contribution >= 0.6 is 7.60 Å². The Morgan fingerprint density at radius 1 is 1.24 bits per heavy atom. The van der Waals surface area contributed by atoms with Crippen LogP contribution in [0.1, 0.15) is 32.5 Å². The molecule has 0 radical (unpaired) electrons. The van der Waals surface area contributed by atoms with Crippen molar-refractivity contribution in [3.05, 3.63) is 29.6 Å². The van der Waals surface area contributed by atoms with Crippen LogP contribution in [-0.2, 0) is 19.8 Å². The fourth-order valence-corrected chi connectivity index (χ4v) is 3.02. The van der Waals surface area contributed by atoms with Crippen molar-refractivity contribution >= 4 is 7.60 Å². The number of pyridine rings is 1. The lowest BCUT2D eigenvalue weighted by Crippen LogP contribution is -1.99. The van der Waals surface area contributed by atoms with Gasteiger partial charge in [-0.15, -0.1) is 0 Å². The normalized spacial score (nSPS) is 11.0. The summed E-state index contributed by atoms with van der Waals surface area (Å²) in [4.78, 5) is 4.15. The Balaban J connectivity index is 0.00000256. The third-order valence-corrected chi connectivity index (χ3v) is 4.06. The highest BCUT2D eigenvalue weighted by molar-refractivity contribution is 7.53. The molecule has 0 atom stereocenters. The molecule has 0 fully saturated rings. The third-order valence-electron chi connectivity index (χ3n) is 2.00. The molecule has 0 N–H and O–H groups in total. The molecule has 0 saturated heterocycles. The summed E-state index contributed by atoms with van der Waals surface area (Å²) >= 11 is 0. The van der Waals surface area contributed by atoms with Gasteiger partial charge in [0, 0.05) is 11.9 Å². The van der Waals surface area contributed by atoms with Crippen LogP contribution in [0.4, 0.5) is 0 Å². The molecular weight excluding hydrogens is 237 g/mol. The van der Waals surface area contributed by atoms with Gasteiger partial charge in [-0.05, 0) is 32.4 Å². The molecule has 0 aliphatic heterocycles. The number of hydrogen-bond acceptors (Lipinski definition) is 4. The fourth-order valence-electron chi connectivity index (χ4n) is 1.34. The zero-order chi connectivity index (χ0) is 12.0. The summed E-state index contributed by atoms with van der Waals surface area (Å²) in [5, 5.41) is 0. The maximum atomic E-state index is 12.2. The van der Waals surface area contributed by atoms with Crippen LogP contribution in [0.25, 0.3) is 0 Å². The minimum atomic E-state index is -3.00. The van der Waals surface area contributed by atoms with Gasteiger partial charge in [-0.2, -0.15) is 0 Å². The number of hydrogen-bond donors (Lipinski definition) is 0. The predicted molar refractivity (Wildman–Crippen MR) is 70.3 cm³/mol. The van der Waals surface area contributed by atoms with Crippen LogP contribution in [0, 0.1) is 6.92 Å². The van der Waals surface area contributed by atoms with Gasteiger partial charge in [0.15, 0.2) is 0 Å². The van der Waals surface area contributed by atoms with Gasteiger partial charge in [-0.25, -0.2) is 0 Å². The van der Waals surface area contributed by atoms with Gasteiger partial charge in [-0.1, -0.05) is 13.5 Å². The first-order chi connectivity index (χ1) is 7.59. The largest absolute Gasteiger partial charge is 0.335 e. The Hall–Kier alpha value is -0.700. The Bertz CT molecular complexity index is 355.